The predicted molar refractivity (Wildman–Crippen MR) is 107 cm³/mol. The fourth-order valence-corrected chi connectivity index (χ4v) is 4.10. The van der Waals surface area contributed by atoms with Gasteiger partial charge in [0.05, 0.1) is 4.75 Å². The van der Waals surface area contributed by atoms with Crippen LogP contribution in [0.25, 0.3) is 0 Å². The number of benzene rings is 1. The molecule has 1 aliphatic rings. The van der Waals surface area contributed by atoms with Gasteiger partial charge in [0, 0.05) is 18.8 Å². The van der Waals surface area contributed by atoms with Crippen molar-refractivity contribution in [2.75, 3.05) is 18.4 Å². The second-order valence-corrected chi connectivity index (χ2v) is 10.9. The number of nitrogens with one attached hydrogen (secondary N) is 2. The van der Waals surface area contributed by atoms with Gasteiger partial charge in [-0.2, -0.15) is 0 Å². The highest BCUT2D eigenvalue weighted by atomic mass is 32.2. The van der Waals surface area contributed by atoms with Crippen molar-refractivity contribution in [3.63, 3.8) is 0 Å². The van der Waals surface area contributed by atoms with E-state index in [-0.39, 0.29) is 0 Å². The second kappa shape index (κ2) is 8.09. The molecule has 0 fully saturated rings. The molecule has 0 amide bonds. The molecule has 0 saturated carbocycles. The Morgan fingerprint density at radius 1 is 1.08 bits per heavy atom. The molecule has 2 unspecified atom stereocenters. The fraction of sp³-hybridized carbons (Fsp3) is 0.700. The van der Waals surface area contributed by atoms with E-state index in [0.29, 0.717) is 12.5 Å². The lowest BCUT2D eigenvalue weighted by atomic mass is 9.97. The number of anilines is 1. The molecule has 25 heavy (non-hydrogen) atoms. The van der Waals surface area contributed by atoms with Crippen LogP contribution >= 0.6 is 0 Å². The molecule has 0 radical (unpaired) electrons. The van der Waals surface area contributed by atoms with E-state index in [0.717, 1.165) is 31.7 Å². The molecule has 0 spiro atoms. The van der Waals surface area contributed by atoms with Crippen LogP contribution in [-0.2, 0) is 16.4 Å². The van der Waals surface area contributed by atoms with Crippen LogP contribution in [0, 0.1) is 5.92 Å². The van der Waals surface area contributed by atoms with Crippen molar-refractivity contribution in [2.24, 2.45) is 5.92 Å². The maximum Gasteiger partial charge on any atom is 0.216 e. The minimum Gasteiger partial charge on any atom is -0.385 e. The van der Waals surface area contributed by atoms with E-state index in [1.54, 1.807) is 20.8 Å². The van der Waals surface area contributed by atoms with E-state index in [9.17, 15) is 8.42 Å². The van der Waals surface area contributed by atoms with Crippen molar-refractivity contribution in [3.8, 4) is 0 Å². The highest BCUT2D eigenvalue weighted by molar-refractivity contribution is 7.90. The van der Waals surface area contributed by atoms with Gasteiger partial charge < -0.3 is 5.32 Å². The Morgan fingerprint density at radius 2 is 1.76 bits per heavy atom. The molecule has 2 atom stereocenters. The molecule has 1 aliphatic carbocycles. The van der Waals surface area contributed by atoms with E-state index < -0.39 is 14.8 Å². The van der Waals surface area contributed by atoms with Crippen molar-refractivity contribution < 1.29 is 8.42 Å². The van der Waals surface area contributed by atoms with Crippen molar-refractivity contribution in [1.29, 1.82) is 0 Å². The lowest BCUT2D eigenvalue weighted by Gasteiger charge is -2.19. The fourth-order valence-electron chi connectivity index (χ4n) is 3.25. The summed E-state index contributed by atoms with van der Waals surface area (Å²) in [5, 5.41) is 3.50. The minimum absolute atomic E-state index is 0.522. The molecule has 1 aromatic carbocycles. The average Bonchev–Trinajstić information content (AvgIpc) is 2.79. The number of unbranched alkanes of at least 4 members (excludes halogenated alkanes) is 2. The van der Waals surface area contributed by atoms with Gasteiger partial charge in [-0.05, 0) is 75.1 Å². The molecule has 0 bridgehead atoms. The van der Waals surface area contributed by atoms with Gasteiger partial charge in [-0.1, -0.05) is 26.3 Å². The zero-order chi connectivity index (χ0) is 18.7. The number of fused-ring (bicyclic) bond motifs is 1. The first-order chi connectivity index (χ1) is 11.6. The molecular formula is C20H34N2O2S. The summed E-state index contributed by atoms with van der Waals surface area (Å²) in [5.41, 5.74) is 4.19. The summed E-state index contributed by atoms with van der Waals surface area (Å²) < 4.78 is 25.8. The Morgan fingerprint density at radius 3 is 2.44 bits per heavy atom. The van der Waals surface area contributed by atoms with Crippen molar-refractivity contribution in [1.82, 2.24) is 4.72 Å². The monoisotopic (exact) mass is 366 g/mol. The summed E-state index contributed by atoms with van der Waals surface area (Å²) in [6.45, 7) is 11.2. The summed E-state index contributed by atoms with van der Waals surface area (Å²) in [6, 6.07) is 6.75. The standard InChI is InChI=1S/C20H34N2O2S/c1-15-13-17-14-18(9-10-19(17)16(15)2)21-11-7-6-8-12-22-25(23,24)20(3,4)5/h9-10,14-16,21-22H,6-8,11-13H2,1-5H3. The molecule has 2 rings (SSSR count). The van der Waals surface area contributed by atoms with Gasteiger partial charge in [0.25, 0.3) is 0 Å². The summed E-state index contributed by atoms with van der Waals surface area (Å²) in [4.78, 5) is 0. The molecule has 5 heteroatoms. The third-order valence-corrected chi connectivity index (χ3v) is 7.51. The second-order valence-electron chi connectivity index (χ2n) is 8.38. The zero-order valence-electron chi connectivity index (χ0n) is 16.4. The maximum atomic E-state index is 11.9. The number of sulfonamides is 1. The SMILES string of the molecule is CC1Cc2cc(NCCCCCNS(=O)(=O)C(C)(C)C)ccc2C1C. The highest BCUT2D eigenvalue weighted by Gasteiger charge is 2.28. The lowest BCUT2D eigenvalue weighted by Crippen LogP contribution is -2.39. The van der Waals surface area contributed by atoms with Crippen LogP contribution in [0.3, 0.4) is 0 Å². The van der Waals surface area contributed by atoms with Gasteiger partial charge in [-0.25, -0.2) is 13.1 Å². The third-order valence-electron chi connectivity index (χ3n) is 5.31. The van der Waals surface area contributed by atoms with Crippen LogP contribution in [0.5, 0.6) is 0 Å². The quantitative estimate of drug-likeness (QED) is 0.675. The normalized spacial score (nSPS) is 20.5. The molecule has 0 aromatic heterocycles. The molecule has 0 saturated heterocycles. The average molecular weight is 367 g/mol. The topological polar surface area (TPSA) is 58.2 Å². The Hall–Kier alpha value is -1.07. The molecule has 142 valence electrons. The van der Waals surface area contributed by atoms with E-state index in [1.807, 2.05) is 0 Å². The Kier molecular flexibility index (Phi) is 6.55. The molecular weight excluding hydrogens is 332 g/mol. The van der Waals surface area contributed by atoms with E-state index in [4.69, 9.17) is 0 Å². The van der Waals surface area contributed by atoms with Crippen LogP contribution in [0.2, 0.25) is 0 Å². The number of hydrogen-bond donors (Lipinski definition) is 2. The van der Waals surface area contributed by atoms with Crippen LogP contribution in [0.1, 0.15) is 70.9 Å². The van der Waals surface area contributed by atoms with E-state index >= 15 is 0 Å². The van der Waals surface area contributed by atoms with Crippen molar-refractivity contribution in [3.05, 3.63) is 29.3 Å². The minimum atomic E-state index is -3.21. The third kappa shape index (κ3) is 5.20. The van der Waals surface area contributed by atoms with Gasteiger partial charge in [-0.3, -0.25) is 0 Å². The smallest absolute Gasteiger partial charge is 0.216 e. The lowest BCUT2D eigenvalue weighted by molar-refractivity contribution is 0.532. The van der Waals surface area contributed by atoms with Crippen molar-refractivity contribution in [2.45, 2.75) is 71.0 Å². The maximum absolute atomic E-state index is 11.9. The van der Waals surface area contributed by atoms with Gasteiger partial charge in [-0.15, -0.1) is 0 Å². The molecule has 0 aliphatic heterocycles. The van der Waals surface area contributed by atoms with Crippen LogP contribution in [-0.4, -0.2) is 26.3 Å². The number of rotatable bonds is 8. The summed E-state index contributed by atoms with van der Waals surface area (Å²) in [7, 11) is -3.21. The largest absolute Gasteiger partial charge is 0.385 e. The Labute approximate surface area is 153 Å². The van der Waals surface area contributed by atoms with E-state index in [2.05, 4.69) is 42.1 Å². The van der Waals surface area contributed by atoms with Crippen LogP contribution in [0.4, 0.5) is 5.69 Å². The van der Waals surface area contributed by atoms with Crippen LogP contribution in [0.15, 0.2) is 18.2 Å². The van der Waals surface area contributed by atoms with E-state index in [1.165, 1.54) is 23.2 Å². The van der Waals surface area contributed by atoms with Crippen molar-refractivity contribution >= 4 is 15.7 Å². The summed E-state index contributed by atoms with van der Waals surface area (Å²) >= 11 is 0. The first-order valence-electron chi connectivity index (χ1n) is 9.48. The number of hydrogen-bond acceptors (Lipinski definition) is 3. The molecule has 2 N–H and O–H groups in total. The molecule has 1 aromatic rings. The van der Waals surface area contributed by atoms with Crippen LogP contribution < -0.4 is 10.0 Å². The first-order valence-corrected chi connectivity index (χ1v) is 11.0. The van der Waals surface area contributed by atoms with Gasteiger partial charge in [0.15, 0.2) is 0 Å². The van der Waals surface area contributed by atoms with Gasteiger partial charge in [0.1, 0.15) is 0 Å². The van der Waals surface area contributed by atoms with Gasteiger partial charge >= 0.3 is 0 Å². The first kappa shape index (κ1) is 20.2. The molecule has 4 nitrogen and oxygen atoms in total. The highest BCUT2D eigenvalue weighted by Crippen LogP contribution is 2.38. The summed E-state index contributed by atoms with van der Waals surface area (Å²) in [5.74, 6) is 1.41. The Bertz CT molecular complexity index is 677. The predicted octanol–water partition coefficient (Wildman–Crippen LogP) is 4.28. The molecule has 0 heterocycles. The Balaban J connectivity index is 1.65. The summed E-state index contributed by atoms with van der Waals surface area (Å²) in [6.07, 6.45) is 4.11. The van der Waals surface area contributed by atoms with Gasteiger partial charge in [0.2, 0.25) is 10.0 Å². The zero-order valence-corrected chi connectivity index (χ0v) is 17.2.